The van der Waals surface area contributed by atoms with Gasteiger partial charge in [-0.05, 0) is 42.3 Å². The smallest absolute Gasteiger partial charge is 0.340 e. The molecule has 170 valence electrons. The number of hydrogen-bond acceptors (Lipinski definition) is 6. The maximum atomic E-state index is 14.8. The summed E-state index contributed by atoms with van der Waals surface area (Å²) >= 11 is 0. The first kappa shape index (κ1) is 22.9. The molecule has 4 aromatic rings. The number of ether oxygens (including phenoxy) is 1. The molecule has 4 rings (SSSR count). The predicted octanol–water partition coefficient (Wildman–Crippen LogP) is 5.23. The van der Waals surface area contributed by atoms with E-state index in [4.69, 9.17) is 19.8 Å². The monoisotopic (exact) mass is 491 g/mol. The first-order valence-electron chi connectivity index (χ1n) is 9.65. The van der Waals surface area contributed by atoms with E-state index in [9.17, 15) is 22.0 Å². The molecule has 0 amide bonds. The van der Waals surface area contributed by atoms with Crippen molar-refractivity contribution < 1.29 is 26.4 Å². The highest BCUT2D eigenvalue weighted by Gasteiger charge is 2.18. The number of nitrogens with zero attached hydrogens (tertiary/aromatic N) is 1. The second kappa shape index (κ2) is 8.92. The van der Waals surface area contributed by atoms with Crippen LogP contribution < -0.4 is 10.4 Å². The molecule has 0 aliphatic carbocycles. The van der Waals surface area contributed by atoms with Gasteiger partial charge in [-0.25, -0.2) is 27.0 Å². The fraction of sp³-hybridized carbons (Fsp3) is 0.130. The van der Waals surface area contributed by atoms with Crippen molar-refractivity contribution in [1.82, 2.24) is 4.98 Å². The van der Waals surface area contributed by atoms with Gasteiger partial charge in [0.15, 0.2) is 5.82 Å². The molecule has 2 heterocycles. The first-order chi connectivity index (χ1) is 15.6. The third-order valence-electron chi connectivity index (χ3n) is 5.05. The summed E-state index contributed by atoms with van der Waals surface area (Å²) in [6.07, 6.45) is 1.27. The van der Waals surface area contributed by atoms with Gasteiger partial charge < -0.3 is 9.15 Å². The Morgan fingerprint density at radius 3 is 2.58 bits per heavy atom. The molecule has 0 saturated carbocycles. The Bertz CT molecular complexity index is 1540. The summed E-state index contributed by atoms with van der Waals surface area (Å²) in [4.78, 5) is 16.5. The molecular formula is C23H16ClF2NO5S. The first-order valence-corrected chi connectivity index (χ1v) is 12.1. The maximum absolute atomic E-state index is 14.8. The van der Waals surface area contributed by atoms with Gasteiger partial charge in [-0.15, -0.1) is 0 Å². The fourth-order valence-electron chi connectivity index (χ4n) is 3.46. The molecule has 0 fully saturated rings. The molecule has 0 saturated heterocycles. The summed E-state index contributed by atoms with van der Waals surface area (Å²) in [5, 5.41) is 0.582. The molecular weight excluding hydrogens is 476 g/mol. The van der Waals surface area contributed by atoms with Crippen LogP contribution in [0, 0.1) is 18.6 Å². The van der Waals surface area contributed by atoms with Crippen molar-refractivity contribution in [2.24, 2.45) is 0 Å². The van der Waals surface area contributed by atoms with E-state index >= 15 is 0 Å². The highest BCUT2D eigenvalue weighted by atomic mass is 35.7. The standard InChI is InChI=1S/C23H16ClF2NO5S/c1-13-17-8-7-16(31-22-19(25)6-3-9-27-22)11-20(17)32-23(28)18(13)10-14-4-2-5-15(21(14)26)12-33(24,29)30/h2-9,11H,10,12H2,1H3. The molecule has 0 spiro atoms. The fourth-order valence-corrected chi connectivity index (χ4v) is 4.40. The van der Waals surface area contributed by atoms with Crippen molar-refractivity contribution >= 4 is 30.7 Å². The van der Waals surface area contributed by atoms with Crippen LogP contribution >= 0.6 is 10.7 Å². The Labute approximate surface area is 191 Å². The second-order valence-electron chi connectivity index (χ2n) is 7.29. The van der Waals surface area contributed by atoms with Crippen molar-refractivity contribution in [2.45, 2.75) is 19.1 Å². The second-order valence-corrected chi connectivity index (χ2v) is 10.1. The van der Waals surface area contributed by atoms with E-state index in [0.29, 0.717) is 10.9 Å². The van der Waals surface area contributed by atoms with Gasteiger partial charge >= 0.3 is 5.63 Å². The Hall–Kier alpha value is -3.30. The van der Waals surface area contributed by atoms with Gasteiger partial charge in [0.1, 0.15) is 17.1 Å². The van der Waals surface area contributed by atoms with Crippen LogP contribution in [-0.4, -0.2) is 13.4 Å². The van der Waals surface area contributed by atoms with Gasteiger partial charge in [-0.1, -0.05) is 18.2 Å². The Kier molecular flexibility index (Phi) is 6.18. The predicted molar refractivity (Wildman–Crippen MR) is 119 cm³/mol. The lowest BCUT2D eigenvalue weighted by molar-refractivity contribution is 0.422. The Morgan fingerprint density at radius 1 is 1.09 bits per heavy atom. The normalized spacial score (nSPS) is 11.6. The van der Waals surface area contributed by atoms with Gasteiger partial charge in [-0.2, -0.15) is 0 Å². The van der Waals surface area contributed by atoms with Crippen LogP contribution in [0.15, 0.2) is 63.9 Å². The number of halogens is 3. The van der Waals surface area contributed by atoms with Gasteiger partial charge in [-0.3, -0.25) is 0 Å². The molecule has 0 unspecified atom stereocenters. The lowest BCUT2D eigenvalue weighted by Gasteiger charge is -2.11. The minimum atomic E-state index is -3.95. The maximum Gasteiger partial charge on any atom is 0.340 e. The van der Waals surface area contributed by atoms with E-state index in [2.05, 4.69) is 4.98 Å². The van der Waals surface area contributed by atoms with E-state index < -0.39 is 32.1 Å². The summed E-state index contributed by atoms with van der Waals surface area (Å²) in [7, 11) is 1.29. The van der Waals surface area contributed by atoms with E-state index in [1.54, 1.807) is 19.1 Å². The van der Waals surface area contributed by atoms with Crippen molar-refractivity contribution in [3.63, 3.8) is 0 Å². The summed E-state index contributed by atoms with van der Waals surface area (Å²) in [6, 6.07) is 11.6. The molecule has 0 aliphatic rings. The molecule has 10 heteroatoms. The van der Waals surface area contributed by atoms with Crippen LogP contribution in [0.5, 0.6) is 11.6 Å². The summed E-state index contributed by atoms with van der Waals surface area (Å²) in [6.45, 7) is 1.69. The average Bonchev–Trinajstić information content (AvgIpc) is 2.74. The lowest BCUT2D eigenvalue weighted by Crippen LogP contribution is -2.12. The minimum absolute atomic E-state index is 0.0890. The lowest BCUT2D eigenvalue weighted by atomic mass is 9.98. The SMILES string of the molecule is Cc1c(Cc2cccc(CS(=O)(=O)Cl)c2F)c(=O)oc2cc(Oc3ncccc3F)ccc12. The molecule has 2 aromatic heterocycles. The third kappa shape index (κ3) is 5.04. The van der Waals surface area contributed by atoms with E-state index in [1.807, 2.05) is 0 Å². The molecule has 2 aromatic carbocycles. The van der Waals surface area contributed by atoms with E-state index in [0.717, 1.165) is 0 Å². The van der Waals surface area contributed by atoms with E-state index in [-0.39, 0.29) is 40.3 Å². The number of hydrogen-bond donors (Lipinski definition) is 0. The van der Waals surface area contributed by atoms with Gasteiger partial charge in [0.05, 0.1) is 5.75 Å². The number of benzene rings is 2. The van der Waals surface area contributed by atoms with Gasteiger partial charge in [0, 0.05) is 45.9 Å². The Morgan fingerprint density at radius 2 is 1.85 bits per heavy atom. The van der Waals surface area contributed by atoms with Gasteiger partial charge in [0.25, 0.3) is 5.88 Å². The highest BCUT2D eigenvalue weighted by molar-refractivity contribution is 8.13. The van der Waals surface area contributed by atoms with E-state index in [1.165, 1.54) is 42.6 Å². The van der Waals surface area contributed by atoms with Crippen molar-refractivity contribution in [1.29, 1.82) is 0 Å². The number of rotatable bonds is 6. The number of pyridine rings is 1. The van der Waals surface area contributed by atoms with Gasteiger partial charge in [0.2, 0.25) is 9.05 Å². The van der Waals surface area contributed by atoms with Crippen LogP contribution in [0.2, 0.25) is 0 Å². The minimum Gasteiger partial charge on any atom is -0.436 e. The highest BCUT2D eigenvalue weighted by Crippen LogP contribution is 2.29. The number of fused-ring (bicyclic) bond motifs is 1. The van der Waals surface area contributed by atoms with Crippen LogP contribution in [0.3, 0.4) is 0 Å². The zero-order valence-electron chi connectivity index (χ0n) is 17.1. The summed E-state index contributed by atoms with van der Waals surface area (Å²) in [5.74, 6) is -2.06. The molecule has 0 aliphatic heterocycles. The number of aryl methyl sites for hydroxylation is 1. The largest absolute Gasteiger partial charge is 0.436 e. The molecule has 0 bridgehead atoms. The van der Waals surface area contributed by atoms with Crippen molar-refractivity contribution in [2.75, 3.05) is 0 Å². The number of aromatic nitrogens is 1. The average molecular weight is 492 g/mol. The van der Waals surface area contributed by atoms with Crippen LogP contribution in [0.1, 0.15) is 22.3 Å². The molecule has 0 radical (unpaired) electrons. The zero-order chi connectivity index (χ0) is 23.8. The molecule has 0 atom stereocenters. The quantitative estimate of drug-likeness (QED) is 0.271. The van der Waals surface area contributed by atoms with Crippen LogP contribution in [-0.2, 0) is 21.2 Å². The topological polar surface area (TPSA) is 86.5 Å². The summed E-state index contributed by atoms with van der Waals surface area (Å²) in [5.41, 5.74) is 0.346. The third-order valence-corrected chi connectivity index (χ3v) is 6.03. The zero-order valence-corrected chi connectivity index (χ0v) is 18.7. The molecule has 0 N–H and O–H groups in total. The summed E-state index contributed by atoms with van der Waals surface area (Å²) < 4.78 is 62.2. The van der Waals surface area contributed by atoms with Crippen molar-refractivity contribution in [3.05, 3.63) is 99.0 Å². The molecule has 6 nitrogen and oxygen atoms in total. The Balaban J connectivity index is 1.70. The van der Waals surface area contributed by atoms with Crippen LogP contribution in [0.25, 0.3) is 11.0 Å². The van der Waals surface area contributed by atoms with Crippen molar-refractivity contribution in [3.8, 4) is 11.6 Å². The molecule has 33 heavy (non-hydrogen) atoms. The van der Waals surface area contributed by atoms with Crippen LogP contribution in [0.4, 0.5) is 8.78 Å².